The van der Waals surface area contributed by atoms with Crippen LogP contribution in [0, 0.1) is 0 Å². The number of H-pyrrole nitrogens is 1. The number of aromatic nitrogens is 2. The second-order valence-electron chi connectivity index (χ2n) is 6.20. The van der Waals surface area contributed by atoms with Crippen molar-refractivity contribution in [2.45, 2.75) is 0 Å². The second-order valence-corrected chi connectivity index (χ2v) is 6.20. The molecule has 0 aliphatic heterocycles. The van der Waals surface area contributed by atoms with E-state index in [1.165, 1.54) is 30.3 Å². The van der Waals surface area contributed by atoms with Crippen LogP contribution in [0.4, 0.5) is 0 Å². The van der Waals surface area contributed by atoms with E-state index in [1.54, 1.807) is 12.1 Å². The first-order chi connectivity index (χ1) is 13.5. The van der Waals surface area contributed by atoms with Crippen LogP contribution in [0.3, 0.4) is 0 Å². The molecule has 4 rings (SSSR count). The van der Waals surface area contributed by atoms with E-state index in [1.807, 2.05) is 18.2 Å². The minimum absolute atomic E-state index is 0.0873. The van der Waals surface area contributed by atoms with E-state index < -0.39 is 17.1 Å². The topological polar surface area (TPSA) is 112 Å². The molecular weight excluding hydrogens is 360 g/mol. The first-order valence-corrected chi connectivity index (χ1v) is 8.37. The molecule has 0 amide bonds. The molecule has 0 radical (unpaired) electrons. The number of pyridine rings is 1. The van der Waals surface area contributed by atoms with Gasteiger partial charge in [0, 0.05) is 12.1 Å². The molecule has 0 unspecified atom stereocenters. The fourth-order valence-corrected chi connectivity index (χ4v) is 3.14. The van der Waals surface area contributed by atoms with Crippen LogP contribution in [0.25, 0.3) is 28.0 Å². The minimum Gasteiger partial charge on any atom is -0.508 e. The number of nitrogens with zero attached hydrogens (tertiary/aromatic N) is 1. The lowest BCUT2D eigenvalue weighted by Gasteiger charge is -2.13. The van der Waals surface area contributed by atoms with Crippen molar-refractivity contribution in [3.05, 3.63) is 93.0 Å². The lowest BCUT2D eigenvalue weighted by Crippen LogP contribution is -2.28. The highest BCUT2D eigenvalue weighted by molar-refractivity contribution is 5.89. The average Bonchev–Trinajstić information content (AvgIpc) is 2.68. The van der Waals surface area contributed by atoms with E-state index in [0.717, 1.165) is 10.5 Å². The Kier molecular flexibility index (Phi) is 4.04. The van der Waals surface area contributed by atoms with Gasteiger partial charge in [0.25, 0.3) is 11.1 Å². The lowest BCUT2D eigenvalue weighted by atomic mass is 9.99. The maximum Gasteiger partial charge on any atom is 0.335 e. The minimum atomic E-state index is -1.08. The van der Waals surface area contributed by atoms with E-state index in [4.69, 9.17) is 5.11 Å². The summed E-state index contributed by atoms with van der Waals surface area (Å²) in [5.74, 6) is -1.33. The largest absolute Gasteiger partial charge is 0.508 e. The van der Waals surface area contributed by atoms with Gasteiger partial charge in [0.05, 0.1) is 16.8 Å². The van der Waals surface area contributed by atoms with Gasteiger partial charge in [-0.25, -0.2) is 9.20 Å². The SMILES string of the molecule is O=C(O)c1ccc(-c2c(-c3ccccc3)[nH]c3cc(O)cc(=O)n3c2=O)cc1. The van der Waals surface area contributed by atoms with Crippen LogP contribution in [0.1, 0.15) is 10.4 Å². The Morgan fingerprint density at radius 3 is 2.21 bits per heavy atom. The Hall–Kier alpha value is -4.13. The van der Waals surface area contributed by atoms with Gasteiger partial charge < -0.3 is 15.2 Å². The summed E-state index contributed by atoms with van der Waals surface area (Å²) in [5.41, 5.74) is 0.855. The third kappa shape index (κ3) is 2.84. The Bertz CT molecular complexity index is 1320. The number of carbonyl (C=O) groups is 1. The van der Waals surface area contributed by atoms with Crippen molar-refractivity contribution in [1.29, 1.82) is 0 Å². The summed E-state index contributed by atoms with van der Waals surface area (Å²) in [7, 11) is 0. The van der Waals surface area contributed by atoms with Crippen molar-refractivity contribution in [1.82, 2.24) is 9.38 Å². The fourth-order valence-electron chi connectivity index (χ4n) is 3.14. The Morgan fingerprint density at radius 2 is 1.57 bits per heavy atom. The van der Waals surface area contributed by atoms with Crippen LogP contribution in [0.15, 0.2) is 76.3 Å². The van der Waals surface area contributed by atoms with Crippen LogP contribution in [0.2, 0.25) is 0 Å². The summed E-state index contributed by atoms with van der Waals surface area (Å²) in [5, 5.41) is 18.8. The molecule has 2 aromatic heterocycles. The van der Waals surface area contributed by atoms with Gasteiger partial charge in [-0.05, 0) is 23.3 Å². The maximum absolute atomic E-state index is 13.2. The smallest absolute Gasteiger partial charge is 0.335 e. The Labute approximate surface area is 157 Å². The second kappa shape index (κ2) is 6.55. The van der Waals surface area contributed by atoms with Gasteiger partial charge in [-0.15, -0.1) is 0 Å². The van der Waals surface area contributed by atoms with Gasteiger partial charge in [-0.2, -0.15) is 0 Å². The van der Waals surface area contributed by atoms with Crippen molar-refractivity contribution in [3.63, 3.8) is 0 Å². The molecule has 0 saturated heterocycles. The van der Waals surface area contributed by atoms with Crippen molar-refractivity contribution in [2.24, 2.45) is 0 Å². The molecule has 0 aliphatic rings. The van der Waals surface area contributed by atoms with Crippen LogP contribution in [0.5, 0.6) is 5.75 Å². The highest BCUT2D eigenvalue weighted by Gasteiger charge is 2.17. The van der Waals surface area contributed by atoms with Crippen molar-refractivity contribution >= 4 is 11.6 Å². The predicted octanol–water partition coefficient (Wildman–Crippen LogP) is 2.73. The molecule has 7 nitrogen and oxygen atoms in total. The third-order valence-corrected chi connectivity index (χ3v) is 4.42. The van der Waals surface area contributed by atoms with Crippen molar-refractivity contribution in [2.75, 3.05) is 0 Å². The number of fused-ring (bicyclic) bond motifs is 1. The number of benzene rings is 2. The number of aromatic hydroxyl groups is 1. The molecule has 0 bridgehead atoms. The first-order valence-electron chi connectivity index (χ1n) is 8.37. The van der Waals surface area contributed by atoms with Gasteiger partial charge >= 0.3 is 5.97 Å². The van der Waals surface area contributed by atoms with Crippen molar-refractivity contribution in [3.8, 4) is 28.1 Å². The third-order valence-electron chi connectivity index (χ3n) is 4.42. The molecule has 0 saturated carbocycles. The van der Waals surface area contributed by atoms with E-state index in [2.05, 4.69) is 4.98 Å². The van der Waals surface area contributed by atoms with Gasteiger partial charge in [0.15, 0.2) is 0 Å². The number of hydrogen-bond acceptors (Lipinski definition) is 4. The van der Waals surface area contributed by atoms with Crippen molar-refractivity contribution < 1.29 is 15.0 Å². The molecule has 4 aromatic rings. The lowest BCUT2D eigenvalue weighted by molar-refractivity contribution is 0.0697. The van der Waals surface area contributed by atoms with Crippen LogP contribution in [-0.4, -0.2) is 25.6 Å². The summed E-state index contributed by atoms with van der Waals surface area (Å²) >= 11 is 0. The molecule has 0 spiro atoms. The van der Waals surface area contributed by atoms with E-state index >= 15 is 0 Å². The fraction of sp³-hybridized carbons (Fsp3) is 0. The van der Waals surface area contributed by atoms with E-state index in [9.17, 15) is 19.5 Å². The average molecular weight is 374 g/mol. The number of carboxylic acids is 1. The highest BCUT2D eigenvalue weighted by Crippen LogP contribution is 2.28. The maximum atomic E-state index is 13.2. The Morgan fingerprint density at radius 1 is 0.893 bits per heavy atom. The number of aromatic amines is 1. The molecular formula is C21H14N2O5. The van der Waals surface area contributed by atoms with Gasteiger partial charge in [0.2, 0.25) is 0 Å². The first kappa shape index (κ1) is 17.3. The molecule has 0 fully saturated rings. The van der Waals surface area contributed by atoms with E-state index in [0.29, 0.717) is 16.8 Å². The normalized spacial score (nSPS) is 10.9. The van der Waals surface area contributed by atoms with Gasteiger partial charge in [-0.3, -0.25) is 9.59 Å². The number of rotatable bonds is 3. The number of nitrogens with one attached hydrogen (secondary N) is 1. The molecule has 28 heavy (non-hydrogen) atoms. The number of aromatic carboxylic acids is 1. The molecule has 138 valence electrons. The molecule has 0 atom stereocenters. The molecule has 2 aromatic carbocycles. The predicted molar refractivity (Wildman–Crippen MR) is 104 cm³/mol. The van der Waals surface area contributed by atoms with Crippen LogP contribution < -0.4 is 11.1 Å². The van der Waals surface area contributed by atoms with Gasteiger partial charge in [-0.1, -0.05) is 42.5 Å². The summed E-state index contributed by atoms with van der Waals surface area (Å²) < 4.78 is 0.937. The van der Waals surface area contributed by atoms with E-state index in [-0.39, 0.29) is 22.5 Å². The zero-order chi connectivity index (χ0) is 19.8. The van der Waals surface area contributed by atoms with Crippen LogP contribution >= 0.6 is 0 Å². The zero-order valence-corrected chi connectivity index (χ0v) is 14.4. The Balaban J connectivity index is 2.11. The van der Waals surface area contributed by atoms with Crippen LogP contribution in [-0.2, 0) is 0 Å². The number of hydrogen-bond donors (Lipinski definition) is 3. The molecule has 3 N–H and O–H groups in total. The van der Waals surface area contributed by atoms with Gasteiger partial charge in [0.1, 0.15) is 11.4 Å². The number of carboxylic acid groups (broad SMARTS) is 1. The summed E-state index contributed by atoms with van der Waals surface area (Å²) in [6.07, 6.45) is 0. The summed E-state index contributed by atoms with van der Waals surface area (Å²) in [6.45, 7) is 0. The quantitative estimate of drug-likeness (QED) is 0.510. The monoisotopic (exact) mass is 374 g/mol. The highest BCUT2D eigenvalue weighted by atomic mass is 16.4. The summed E-state index contributed by atoms with van der Waals surface area (Å²) in [4.78, 5) is 39.7. The molecule has 7 heteroatoms. The molecule has 2 heterocycles. The standard InChI is InChI=1S/C21H14N2O5/c24-15-10-16-22-19(13-4-2-1-3-5-13)18(20(26)23(16)17(25)11-15)12-6-8-14(9-7-12)21(27)28/h1-11,22,24H,(H,27,28). The summed E-state index contributed by atoms with van der Waals surface area (Å²) in [6, 6.07) is 17.2. The zero-order valence-electron chi connectivity index (χ0n) is 14.4. The molecule has 0 aliphatic carbocycles.